The summed E-state index contributed by atoms with van der Waals surface area (Å²) in [7, 11) is 0. The van der Waals surface area contributed by atoms with Gasteiger partial charge in [-0.3, -0.25) is 9.88 Å². The van der Waals surface area contributed by atoms with Crippen LogP contribution in [0.5, 0.6) is 5.75 Å². The predicted molar refractivity (Wildman–Crippen MR) is 146 cm³/mol. The number of hydrogen-bond acceptors (Lipinski definition) is 7. The Kier molecular flexibility index (Phi) is 8.41. The Morgan fingerprint density at radius 1 is 1.03 bits per heavy atom. The smallest absolute Gasteiger partial charge is 0.121 e. The van der Waals surface area contributed by atoms with E-state index in [0.29, 0.717) is 35.1 Å². The van der Waals surface area contributed by atoms with Crippen LogP contribution in [0.2, 0.25) is 5.02 Å². The highest BCUT2D eigenvalue weighted by molar-refractivity contribution is 6.33. The monoisotopic (exact) mass is 525 g/mol. The molecule has 198 valence electrons. The molecule has 1 aromatic heterocycles. The maximum Gasteiger partial charge on any atom is 0.121 e. The summed E-state index contributed by atoms with van der Waals surface area (Å²) in [4.78, 5) is 9.03. The maximum atomic E-state index is 11.4. The molecule has 1 fully saturated rings. The lowest BCUT2D eigenvalue weighted by Gasteiger charge is -2.45. The van der Waals surface area contributed by atoms with Crippen molar-refractivity contribution < 1.29 is 20.1 Å². The molecule has 2 heterocycles. The highest BCUT2D eigenvalue weighted by atomic mass is 35.5. The molecule has 1 saturated heterocycles. The van der Waals surface area contributed by atoms with Crippen molar-refractivity contribution in [2.24, 2.45) is 0 Å². The fraction of sp³-hybridized carbons (Fsp3) is 0.414. The molecule has 0 radical (unpaired) electrons. The summed E-state index contributed by atoms with van der Waals surface area (Å²) in [6.07, 6.45) is 1.63. The van der Waals surface area contributed by atoms with Gasteiger partial charge in [-0.15, -0.1) is 0 Å². The molecule has 0 unspecified atom stereocenters. The van der Waals surface area contributed by atoms with Gasteiger partial charge in [0, 0.05) is 44.0 Å². The zero-order valence-corrected chi connectivity index (χ0v) is 22.4. The van der Waals surface area contributed by atoms with E-state index in [2.05, 4.69) is 26.9 Å². The second-order valence-electron chi connectivity index (χ2n) is 10.3. The normalized spacial score (nSPS) is 18.5. The maximum absolute atomic E-state index is 11.4. The number of nitrogens with zero attached hydrogens (tertiary/aromatic N) is 3. The van der Waals surface area contributed by atoms with E-state index in [9.17, 15) is 10.2 Å². The molecule has 3 aromatic rings. The molecule has 0 saturated carbocycles. The Morgan fingerprint density at radius 2 is 1.78 bits per heavy atom. The van der Waals surface area contributed by atoms with Crippen molar-refractivity contribution in [3.05, 3.63) is 88.7 Å². The average Bonchev–Trinajstić information content (AvgIpc) is 2.87. The van der Waals surface area contributed by atoms with Crippen LogP contribution in [0.15, 0.2) is 66.9 Å². The second-order valence-corrected chi connectivity index (χ2v) is 10.7. The summed E-state index contributed by atoms with van der Waals surface area (Å²) in [5.74, 6) is 0.622. The van der Waals surface area contributed by atoms with Gasteiger partial charge >= 0.3 is 0 Å². The number of aliphatic hydroxyl groups excluding tert-OH is 1. The SMILES string of the molecule is CC(C)(O)c1ccc([C@](C)(O)CN2CCN(c3ccc(OCCO)cc3Cl)[C@H](c3ccccc3)C2)nc1. The topological polar surface area (TPSA) is 89.3 Å². The van der Waals surface area contributed by atoms with Crippen LogP contribution in [0.25, 0.3) is 0 Å². The van der Waals surface area contributed by atoms with Gasteiger partial charge in [0.2, 0.25) is 0 Å². The van der Waals surface area contributed by atoms with Crippen LogP contribution in [0, 0.1) is 0 Å². The van der Waals surface area contributed by atoms with E-state index in [-0.39, 0.29) is 19.3 Å². The van der Waals surface area contributed by atoms with Crippen molar-refractivity contribution in [1.29, 1.82) is 0 Å². The summed E-state index contributed by atoms with van der Waals surface area (Å²) in [6.45, 7) is 7.95. The predicted octanol–water partition coefficient (Wildman–Crippen LogP) is 4.10. The Balaban J connectivity index is 1.55. The van der Waals surface area contributed by atoms with Gasteiger partial charge in [0.25, 0.3) is 0 Å². The van der Waals surface area contributed by atoms with Crippen molar-refractivity contribution in [1.82, 2.24) is 9.88 Å². The van der Waals surface area contributed by atoms with Crippen LogP contribution in [0.1, 0.15) is 43.6 Å². The van der Waals surface area contributed by atoms with E-state index in [0.717, 1.165) is 24.3 Å². The molecule has 0 spiro atoms. The van der Waals surface area contributed by atoms with Gasteiger partial charge in [0.1, 0.15) is 18.0 Å². The number of pyridine rings is 1. The molecule has 3 N–H and O–H groups in total. The van der Waals surface area contributed by atoms with Crippen molar-refractivity contribution in [3.63, 3.8) is 0 Å². The Bertz CT molecular complexity index is 1170. The number of aliphatic hydroxyl groups is 3. The standard InChI is InChI=1S/C29H36ClN3O4/c1-28(2,35)22-9-12-27(31-18-22)29(3,36)20-32-13-14-33(26(19-32)21-7-5-4-6-8-21)25-11-10-23(17-24(25)30)37-16-15-34/h4-12,17-18,26,34-36H,13-16,19-20H2,1-3H3/t26-,29+/m0/s1. The summed E-state index contributed by atoms with van der Waals surface area (Å²) < 4.78 is 5.52. The Hall–Kier alpha value is -2.68. The lowest BCUT2D eigenvalue weighted by molar-refractivity contribution is 0.00649. The minimum Gasteiger partial charge on any atom is -0.491 e. The van der Waals surface area contributed by atoms with Gasteiger partial charge in [-0.05, 0) is 44.5 Å². The van der Waals surface area contributed by atoms with Crippen LogP contribution in [0.4, 0.5) is 5.69 Å². The lowest BCUT2D eigenvalue weighted by atomic mass is 9.95. The zero-order chi connectivity index (χ0) is 26.6. The molecule has 4 rings (SSSR count). The molecule has 2 aromatic carbocycles. The number of aromatic nitrogens is 1. The molecule has 1 aliphatic rings. The summed E-state index contributed by atoms with van der Waals surface area (Å²) >= 11 is 6.70. The second kappa shape index (κ2) is 11.4. The number of piperazine rings is 1. The van der Waals surface area contributed by atoms with Gasteiger partial charge < -0.3 is 25.0 Å². The first-order valence-electron chi connectivity index (χ1n) is 12.6. The average molecular weight is 526 g/mol. The van der Waals surface area contributed by atoms with Crippen molar-refractivity contribution in [2.75, 3.05) is 44.3 Å². The minimum atomic E-state index is -1.16. The molecular formula is C29H36ClN3O4. The van der Waals surface area contributed by atoms with E-state index in [1.165, 1.54) is 0 Å². The molecule has 0 bridgehead atoms. The lowest BCUT2D eigenvalue weighted by Crippen LogP contribution is -2.52. The quantitative estimate of drug-likeness (QED) is 0.387. The van der Waals surface area contributed by atoms with Crippen LogP contribution in [0.3, 0.4) is 0 Å². The third kappa shape index (κ3) is 6.61. The first kappa shape index (κ1) is 27.4. The third-order valence-electron chi connectivity index (χ3n) is 6.79. The Morgan fingerprint density at radius 3 is 2.41 bits per heavy atom. The van der Waals surface area contributed by atoms with Crippen molar-refractivity contribution in [3.8, 4) is 5.75 Å². The largest absolute Gasteiger partial charge is 0.491 e. The summed E-state index contributed by atoms with van der Waals surface area (Å²) in [5, 5.41) is 31.2. The third-order valence-corrected chi connectivity index (χ3v) is 7.09. The van der Waals surface area contributed by atoms with E-state index >= 15 is 0 Å². The molecule has 7 nitrogen and oxygen atoms in total. The fourth-order valence-electron chi connectivity index (χ4n) is 4.80. The molecule has 8 heteroatoms. The molecule has 37 heavy (non-hydrogen) atoms. The first-order chi connectivity index (χ1) is 17.6. The van der Waals surface area contributed by atoms with E-state index in [1.54, 1.807) is 39.1 Å². The fourth-order valence-corrected chi connectivity index (χ4v) is 5.08. The van der Waals surface area contributed by atoms with E-state index in [1.807, 2.05) is 36.4 Å². The number of halogens is 1. The number of β-amino-alcohol motifs (C(OH)–C–C–N with tert-alkyl or cyclic N) is 1. The summed E-state index contributed by atoms with van der Waals surface area (Å²) in [6, 6.07) is 19.6. The minimum absolute atomic E-state index is 0.0259. The first-order valence-corrected chi connectivity index (χ1v) is 13.0. The van der Waals surface area contributed by atoms with Gasteiger partial charge in [0.05, 0.1) is 34.7 Å². The van der Waals surface area contributed by atoms with Crippen LogP contribution >= 0.6 is 11.6 Å². The van der Waals surface area contributed by atoms with Gasteiger partial charge in [-0.1, -0.05) is 48.0 Å². The molecule has 0 aliphatic carbocycles. The highest BCUT2D eigenvalue weighted by Gasteiger charge is 2.35. The molecule has 1 aliphatic heterocycles. The number of ether oxygens (including phenoxy) is 1. The molecule has 2 atom stereocenters. The van der Waals surface area contributed by atoms with E-state index < -0.39 is 11.2 Å². The van der Waals surface area contributed by atoms with Gasteiger partial charge in [0.15, 0.2) is 0 Å². The van der Waals surface area contributed by atoms with Gasteiger partial charge in [-0.2, -0.15) is 0 Å². The molecular weight excluding hydrogens is 490 g/mol. The Labute approximate surface area is 223 Å². The van der Waals surface area contributed by atoms with Crippen molar-refractivity contribution >= 4 is 17.3 Å². The van der Waals surface area contributed by atoms with Crippen molar-refractivity contribution in [2.45, 2.75) is 38.0 Å². The number of benzene rings is 2. The van der Waals surface area contributed by atoms with E-state index in [4.69, 9.17) is 21.4 Å². The summed E-state index contributed by atoms with van der Waals surface area (Å²) in [5.41, 5.74) is 1.21. The van der Waals surface area contributed by atoms with Crippen LogP contribution in [-0.4, -0.2) is 64.6 Å². The number of hydrogen-bond donors (Lipinski definition) is 3. The highest BCUT2D eigenvalue weighted by Crippen LogP contribution is 2.37. The van der Waals surface area contributed by atoms with Crippen LogP contribution < -0.4 is 9.64 Å². The molecule has 0 amide bonds. The van der Waals surface area contributed by atoms with Crippen LogP contribution in [-0.2, 0) is 11.2 Å². The number of anilines is 1. The number of rotatable bonds is 9. The van der Waals surface area contributed by atoms with Gasteiger partial charge in [-0.25, -0.2) is 0 Å². The zero-order valence-electron chi connectivity index (χ0n) is 21.6.